The van der Waals surface area contributed by atoms with Crippen LogP contribution in [0.5, 0.6) is 0 Å². The molecule has 1 spiro atoms. The molecule has 0 bridgehead atoms. The highest BCUT2D eigenvalue weighted by Gasteiger charge is 2.43. The number of para-hydroxylation sites is 2. The molecule has 23 heavy (non-hydrogen) atoms. The number of amides is 1. The molecule has 1 aliphatic heterocycles. The van der Waals surface area contributed by atoms with Crippen molar-refractivity contribution in [3.05, 3.63) is 49.0 Å². The third-order valence-corrected chi connectivity index (χ3v) is 4.43. The van der Waals surface area contributed by atoms with E-state index in [-0.39, 0.29) is 0 Å². The van der Waals surface area contributed by atoms with Crippen LogP contribution in [-0.4, -0.2) is 17.7 Å². The first-order chi connectivity index (χ1) is 11.2. The summed E-state index contributed by atoms with van der Waals surface area (Å²) in [5.41, 5.74) is 7.74. The third-order valence-electron chi connectivity index (χ3n) is 4.43. The molecule has 0 atom stereocenters. The van der Waals surface area contributed by atoms with E-state index in [2.05, 4.69) is 6.58 Å². The van der Waals surface area contributed by atoms with Crippen molar-refractivity contribution in [3.8, 4) is 0 Å². The second kappa shape index (κ2) is 6.28. The van der Waals surface area contributed by atoms with Gasteiger partial charge in [-0.25, -0.2) is 4.99 Å². The summed E-state index contributed by atoms with van der Waals surface area (Å²) >= 11 is 0. The van der Waals surface area contributed by atoms with Gasteiger partial charge in [0.05, 0.1) is 17.1 Å². The topological polar surface area (TPSA) is 67.9 Å². The monoisotopic (exact) mass is 311 g/mol. The van der Waals surface area contributed by atoms with E-state index < -0.39 is 5.60 Å². The van der Waals surface area contributed by atoms with Gasteiger partial charge in [-0.1, -0.05) is 25.1 Å². The fraction of sp³-hybridized carbons (Fsp3) is 0.333. The minimum Gasteiger partial charge on any atom is -0.466 e. The largest absolute Gasteiger partial charge is 0.466 e. The van der Waals surface area contributed by atoms with E-state index in [1.54, 1.807) is 6.08 Å². The van der Waals surface area contributed by atoms with Gasteiger partial charge in [0.2, 0.25) is 6.41 Å². The standard InChI is InChI=1S/C18H21N3O2/c1-2-21(13-22)15-9-5-4-8-14(15)20-16-12-17(19)23-18(16)10-6-3-7-11-18/h2,4-5,8-9,12-13H,1,3,6-7,10-11,19H2. The van der Waals surface area contributed by atoms with E-state index in [4.69, 9.17) is 15.5 Å². The Kier molecular flexibility index (Phi) is 4.19. The van der Waals surface area contributed by atoms with E-state index in [0.29, 0.717) is 17.3 Å². The second-order valence-corrected chi connectivity index (χ2v) is 5.88. The number of hydrogen-bond acceptors (Lipinski definition) is 4. The fourth-order valence-electron chi connectivity index (χ4n) is 3.29. The number of anilines is 1. The lowest BCUT2D eigenvalue weighted by molar-refractivity contribution is -0.106. The van der Waals surface area contributed by atoms with Crippen molar-refractivity contribution in [2.24, 2.45) is 10.7 Å². The van der Waals surface area contributed by atoms with Crippen molar-refractivity contribution >= 4 is 23.5 Å². The Morgan fingerprint density at radius 3 is 2.70 bits per heavy atom. The number of ether oxygens (including phenoxy) is 1. The van der Waals surface area contributed by atoms with Crippen LogP contribution in [0, 0.1) is 0 Å². The lowest BCUT2D eigenvalue weighted by Gasteiger charge is -2.33. The van der Waals surface area contributed by atoms with Gasteiger partial charge < -0.3 is 10.5 Å². The quantitative estimate of drug-likeness (QED) is 0.867. The van der Waals surface area contributed by atoms with Crippen LogP contribution in [0.1, 0.15) is 32.1 Å². The molecule has 1 aliphatic carbocycles. The van der Waals surface area contributed by atoms with Crippen molar-refractivity contribution < 1.29 is 9.53 Å². The molecule has 0 aromatic heterocycles. The van der Waals surface area contributed by atoms with Gasteiger partial charge >= 0.3 is 0 Å². The van der Waals surface area contributed by atoms with Crippen molar-refractivity contribution in [1.29, 1.82) is 0 Å². The Morgan fingerprint density at radius 1 is 1.26 bits per heavy atom. The van der Waals surface area contributed by atoms with Crippen LogP contribution < -0.4 is 10.6 Å². The Hall–Kier alpha value is -2.56. The van der Waals surface area contributed by atoms with Gasteiger partial charge in [0, 0.05) is 12.3 Å². The molecule has 5 heteroatoms. The number of aliphatic imine (C=N–C) groups is 1. The highest BCUT2D eigenvalue weighted by Crippen LogP contribution is 2.40. The van der Waals surface area contributed by atoms with Crippen LogP contribution in [0.2, 0.25) is 0 Å². The van der Waals surface area contributed by atoms with E-state index in [9.17, 15) is 4.79 Å². The Balaban J connectivity index is 2.03. The van der Waals surface area contributed by atoms with E-state index in [1.807, 2.05) is 24.3 Å². The lowest BCUT2D eigenvalue weighted by Crippen LogP contribution is -2.39. The van der Waals surface area contributed by atoms with Gasteiger partial charge in [-0.3, -0.25) is 9.69 Å². The van der Waals surface area contributed by atoms with Gasteiger partial charge in [-0.05, 0) is 37.8 Å². The number of carbonyl (C=O) groups excluding carboxylic acids is 1. The maximum absolute atomic E-state index is 11.2. The molecule has 120 valence electrons. The highest BCUT2D eigenvalue weighted by molar-refractivity contribution is 6.06. The molecule has 1 aromatic carbocycles. The van der Waals surface area contributed by atoms with E-state index in [1.165, 1.54) is 17.5 Å². The molecule has 1 heterocycles. The summed E-state index contributed by atoms with van der Waals surface area (Å²) < 4.78 is 5.93. The first-order valence-corrected chi connectivity index (χ1v) is 7.89. The summed E-state index contributed by atoms with van der Waals surface area (Å²) in [6.45, 7) is 3.67. The first kappa shape index (κ1) is 15.3. The normalized spacial score (nSPS) is 20.9. The van der Waals surface area contributed by atoms with Gasteiger partial charge in [0.15, 0.2) is 11.5 Å². The molecule has 2 N–H and O–H groups in total. The Labute approximate surface area is 136 Å². The number of rotatable bonds is 4. The average molecular weight is 311 g/mol. The van der Waals surface area contributed by atoms with Crippen LogP contribution in [-0.2, 0) is 9.53 Å². The molecular weight excluding hydrogens is 290 g/mol. The molecule has 0 unspecified atom stereocenters. The SMILES string of the molecule is C=CN(C=O)c1ccccc1N=C1C=C(N)OC12CCCCC2. The predicted molar refractivity (Wildman–Crippen MR) is 91.4 cm³/mol. The maximum atomic E-state index is 11.2. The van der Waals surface area contributed by atoms with Crippen LogP contribution in [0.25, 0.3) is 0 Å². The molecule has 0 saturated heterocycles. The van der Waals surface area contributed by atoms with Gasteiger partial charge in [-0.15, -0.1) is 0 Å². The van der Waals surface area contributed by atoms with Gasteiger partial charge in [0.25, 0.3) is 0 Å². The van der Waals surface area contributed by atoms with E-state index >= 15 is 0 Å². The first-order valence-electron chi connectivity index (χ1n) is 7.89. The summed E-state index contributed by atoms with van der Waals surface area (Å²) in [5, 5.41) is 0. The molecule has 0 radical (unpaired) electrons. The summed E-state index contributed by atoms with van der Waals surface area (Å²) in [5.74, 6) is 0.416. The minimum atomic E-state index is -0.407. The van der Waals surface area contributed by atoms with Crippen LogP contribution >= 0.6 is 0 Å². The summed E-state index contributed by atoms with van der Waals surface area (Å²) in [6.07, 6.45) is 9.26. The second-order valence-electron chi connectivity index (χ2n) is 5.88. The smallest absolute Gasteiger partial charge is 0.218 e. The van der Waals surface area contributed by atoms with Gasteiger partial charge in [0.1, 0.15) is 0 Å². The molecule has 2 aliphatic rings. The molecule has 1 saturated carbocycles. The van der Waals surface area contributed by atoms with Crippen LogP contribution in [0.15, 0.2) is 54.0 Å². The zero-order valence-electron chi connectivity index (χ0n) is 13.1. The van der Waals surface area contributed by atoms with Crippen molar-refractivity contribution in [2.75, 3.05) is 4.90 Å². The van der Waals surface area contributed by atoms with Crippen molar-refractivity contribution in [1.82, 2.24) is 0 Å². The summed E-state index contributed by atoms with van der Waals surface area (Å²) in [4.78, 5) is 17.4. The zero-order chi connectivity index (χ0) is 16.3. The number of hydrogen-bond donors (Lipinski definition) is 1. The lowest BCUT2D eigenvalue weighted by atomic mass is 9.82. The van der Waals surface area contributed by atoms with Crippen LogP contribution in [0.3, 0.4) is 0 Å². The molecule has 3 rings (SSSR count). The number of benzene rings is 1. The van der Waals surface area contributed by atoms with Crippen molar-refractivity contribution in [2.45, 2.75) is 37.7 Å². The highest BCUT2D eigenvalue weighted by atomic mass is 16.5. The number of nitrogens with two attached hydrogens (primary N) is 1. The fourth-order valence-corrected chi connectivity index (χ4v) is 3.29. The van der Waals surface area contributed by atoms with Gasteiger partial charge in [-0.2, -0.15) is 0 Å². The molecule has 1 amide bonds. The zero-order valence-corrected chi connectivity index (χ0v) is 13.1. The van der Waals surface area contributed by atoms with Crippen molar-refractivity contribution in [3.63, 3.8) is 0 Å². The summed E-state index contributed by atoms with van der Waals surface area (Å²) in [7, 11) is 0. The third kappa shape index (κ3) is 2.86. The molecule has 5 nitrogen and oxygen atoms in total. The maximum Gasteiger partial charge on any atom is 0.218 e. The predicted octanol–water partition coefficient (Wildman–Crippen LogP) is 3.40. The van der Waals surface area contributed by atoms with E-state index in [0.717, 1.165) is 37.8 Å². The summed E-state index contributed by atoms with van der Waals surface area (Å²) in [6, 6.07) is 7.48. The number of nitrogens with zero attached hydrogens (tertiary/aromatic N) is 2. The number of carbonyl (C=O) groups is 1. The van der Waals surface area contributed by atoms with Crippen LogP contribution in [0.4, 0.5) is 11.4 Å². The molecular formula is C18H21N3O2. The Bertz CT molecular complexity index is 665. The Morgan fingerprint density at radius 2 is 2.00 bits per heavy atom. The average Bonchev–Trinajstić information content (AvgIpc) is 2.85. The molecule has 1 aromatic rings. The molecule has 1 fully saturated rings. The minimum absolute atomic E-state index is 0.407.